The third-order valence-electron chi connectivity index (χ3n) is 3.89. The molecular formula is C15H23N. The molecule has 1 aromatic rings. The monoisotopic (exact) mass is 217 g/mol. The molecule has 0 spiro atoms. The first-order chi connectivity index (χ1) is 7.64. The number of rotatable bonds is 5. The summed E-state index contributed by atoms with van der Waals surface area (Å²) in [6.07, 6.45) is 3.94. The molecule has 0 bridgehead atoms. The minimum Gasteiger partial charge on any atom is -0.313 e. The van der Waals surface area contributed by atoms with Crippen LogP contribution >= 0.6 is 0 Å². The summed E-state index contributed by atoms with van der Waals surface area (Å²) in [4.78, 5) is 0. The van der Waals surface area contributed by atoms with Crippen molar-refractivity contribution in [2.45, 2.75) is 46.1 Å². The van der Waals surface area contributed by atoms with Crippen molar-refractivity contribution >= 4 is 0 Å². The first-order valence-corrected chi connectivity index (χ1v) is 6.43. The molecule has 88 valence electrons. The molecule has 1 nitrogen and oxygen atoms in total. The summed E-state index contributed by atoms with van der Waals surface area (Å²) in [5.41, 5.74) is 3.37. The van der Waals surface area contributed by atoms with Crippen LogP contribution in [0.15, 0.2) is 24.3 Å². The third kappa shape index (κ3) is 2.65. The quantitative estimate of drug-likeness (QED) is 0.798. The standard InChI is InChI=1S/C15H23N/c1-4-16-14(15(3)9-10-15)11-13-7-5-12(2)6-8-13/h5-8,14,16H,4,9-11H2,1-3H3. The molecule has 0 amide bonds. The summed E-state index contributed by atoms with van der Waals surface area (Å²) in [7, 11) is 0. The summed E-state index contributed by atoms with van der Waals surface area (Å²) in [5, 5.41) is 3.65. The van der Waals surface area contributed by atoms with E-state index in [1.807, 2.05) is 0 Å². The van der Waals surface area contributed by atoms with Crippen LogP contribution in [0.2, 0.25) is 0 Å². The maximum absolute atomic E-state index is 3.65. The minimum absolute atomic E-state index is 0.556. The summed E-state index contributed by atoms with van der Waals surface area (Å²) in [6, 6.07) is 9.62. The number of hydrogen-bond donors (Lipinski definition) is 1. The number of nitrogens with one attached hydrogen (secondary N) is 1. The molecule has 1 aromatic carbocycles. The van der Waals surface area contributed by atoms with E-state index in [1.165, 1.54) is 30.4 Å². The fourth-order valence-electron chi connectivity index (χ4n) is 2.32. The number of benzene rings is 1. The van der Waals surface area contributed by atoms with Gasteiger partial charge in [-0.1, -0.05) is 43.7 Å². The van der Waals surface area contributed by atoms with Crippen LogP contribution in [-0.2, 0) is 6.42 Å². The van der Waals surface area contributed by atoms with E-state index in [4.69, 9.17) is 0 Å². The molecule has 0 heterocycles. The Bertz CT molecular complexity index is 335. The molecular weight excluding hydrogens is 194 g/mol. The topological polar surface area (TPSA) is 12.0 Å². The second-order valence-electron chi connectivity index (χ2n) is 5.45. The Morgan fingerprint density at radius 3 is 2.38 bits per heavy atom. The Morgan fingerprint density at radius 2 is 1.88 bits per heavy atom. The van der Waals surface area contributed by atoms with Gasteiger partial charge >= 0.3 is 0 Å². The Balaban J connectivity index is 2.02. The predicted octanol–water partition coefficient (Wildman–Crippen LogP) is 3.32. The molecule has 16 heavy (non-hydrogen) atoms. The average Bonchev–Trinajstić information content (AvgIpc) is 3.00. The van der Waals surface area contributed by atoms with Crippen molar-refractivity contribution in [3.63, 3.8) is 0 Å². The van der Waals surface area contributed by atoms with E-state index in [0.29, 0.717) is 11.5 Å². The molecule has 1 unspecified atom stereocenters. The third-order valence-corrected chi connectivity index (χ3v) is 3.89. The normalized spacial score (nSPS) is 19.4. The van der Waals surface area contributed by atoms with Crippen LogP contribution in [0.3, 0.4) is 0 Å². The van der Waals surface area contributed by atoms with Crippen molar-refractivity contribution < 1.29 is 0 Å². The minimum atomic E-state index is 0.556. The van der Waals surface area contributed by atoms with Crippen LogP contribution in [0, 0.1) is 12.3 Å². The smallest absolute Gasteiger partial charge is 0.0161 e. The van der Waals surface area contributed by atoms with E-state index in [9.17, 15) is 0 Å². The van der Waals surface area contributed by atoms with E-state index in [1.54, 1.807) is 0 Å². The Kier molecular flexibility index (Phi) is 3.34. The average molecular weight is 217 g/mol. The number of hydrogen-bond acceptors (Lipinski definition) is 1. The highest BCUT2D eigenvalue weighted by Crippen LogP contribution is 2.48. The van der Waals surface area contributed by atoms with Gasteiger partial charge in [-0.3, -0.25) is 0 Å². The Hall–Kier alpha value is -0.820. The van der Waals surface area contributed by atoms with Crippen molar-refractivity contribution in [1.29, 1.82) is 0 Å². The highest BCUT2D eigenvalue weighted by atomic mass is 14.9. The zero-order valence-corrected chi connectivity index (χ0v) is 10.7. The van der Waals surface area contributed by atoms with Crippen molar-refractivity contribution in [2.24, 2.45) is 5.41 Å². The van der Waals surface area contributed by atoms with E-state index in [-0.39, 0.29) is 0 Å². The molecule has 1 fully saturated rings. The van der Waals surface area contributed by atoms with Crippen LogP contribution in [0.4, 0.5) is 0 Å². The second kappa shape index (κ2) is 4.58. The van der Waals surface area contributed by atoms with Crippen molar-refractivity contribution in [3.05, 3.63) is 35.4 Å². The molecule has 1 aliphatic carbocycles. The van der Waals surface area contributed by atoms with Crippen LogP contribution in [0.1, 0.15) is 37.8 Å². The maximum Gasteiger partial charge on any atom is 0.0161 e. The number of aryl methyl sites for hydroxylation is 1. The predicted molar refractivity (Wildman–Crippen MR) is 69.7 cm³/mol. The molecule has 1 aliphatic rings. The Morgan fingerprint density at radius 1 is 1.25 bits per heavy atom. The summed E-state index contributed by atoms with van der Waals surface area (Å²) in [5.74, 6) is 0. The number of likely N-dealkylation sites (N-methyl/N-ethyl adjacent to an activating group) is 1. The van der Waals surface area contributed by atoms with Crippen molar-refractivity contribution in [1.82, 2.24) is 5.32 Å². The van der Waals surface area contributed by atoms with E-state index < -0.39 is 0 Å². The van der Waals surface area contributed by atoms with Crippen molar-refractivity contribution in [2.75, 3.05) is 6.54 Å². The highest BCUT2D eigenvalue weighted by Gasteiger charge is 2.44. The lowest BCUT2D eigenvalue weighted by atomic mass is 9.92. The Labute approximate surface area is 99.3 Å². The largest absolute Gasteiger partial charge is 0.313 e. The fraction of sp³-hybridized carbons (Fsp3) is 0.600. The zero-order chi connectivity index (χ0) is 11.6. The van der Waals surface area contributed by atoms with Crippen LogP contribution in [0.25, 0.3) is 0 Å². The lowest BCUT2D eigenvalue weighted by molar-refractivity contribution is 0.360. The molecule has 1 atom stereocenters. The van der Waals surface area contributed by atoms with E-state index in [0.717, 1.165) is 6.54 Å². The van der Waals surface area contributed by atoms with Gasteiger partial charge in [-0.25, -0.2) is 0 Å². The van der Waals surface area contributed by atoms with Crippen LogP contribution < -0.4 is 5.32 Å². The molecule has 1 heteroatoms. The van der Waals surface area contributed by atoms with E-state index in [2.05, 4.69) is 50.4 Å². The summed E-state index contributed by atoms with van der Waals surface area (Å²) < 4.78 is 0. The summed E-state index contributed by atoms with van der Waals surface area (Å²) >= 11 is 0. The summed E-state index contributed by atoms with van der Waals surface area (Å²) in [6.45, 7) is 7.84. The van der Waals surface area contributed by atoms with Gasteiger partial charge in [0.25, 0.3) is 0 Å². The highest BCUT2D eigenvalue weighted by molar-refractivity contribution is 5.23. The van der Waals surface area contributed by atoms with Gasteiger partial charge in [-0.15, -0.1) is 0 Å². The second-order valence-corrected chi connectivity index (χ2v) is 5.45. The maximum atomic E-state index is 3.65. The molecule has 1 N–H and O–H groups in total. The van der Waals surface area contributed by atoms with Gasteiger partial charge in [0.1, 0.15) is 0 Å². The van der Waals surface area contributed by atoms with Crippen LogP contribution in [-0.4, -0.2) is 12.6 Å². The SMILES string of the molecule is CCNC(Cc1ccc(C)cc1)C1(C)CC1. The lowest BCUT2D eigenvalue weighted by Gasteiger charge is -2.24. The molecule has 1 saturated carbocycles. The fourth-order valence-corrected chi connectivity index (χ4v) is 2.32. The van der Waals surface area contributed by atoms with Gasteiger partial charge in [-0.05, 0) is 43.7 Å². The van der Waals surface area contributed by atoms with Gasteiger partial charge in [0.2, 0.25) is 0 Å². The molecule has 2 rings (SSSR count). The van der Waals surface area contributed by atoms with Crippen molar-refractivity contribution in [3.8, 4) is 0 Å². The first-order valence-electron chi connectivity index (χ1n) is 6.43. The molecule has 0 aliphatic heterocycles. The van der Waals surface area contributed by atoms with Crippen LogP contribution in [0.5, 0.6) is 0 Å². The van der Waals surface area contributed by atoms with Gasteiger partial charge in [0.15, 0.2) is 0 Å². The molecule has 0 aromatic heterocycles. The van der Waals surface area contributed by atoms with Gasteiger partial charge in [-0.2, -0.15) is 0 Å². The van der Waals surface area contributed by atoms with Gasteiger partial charge < -0.3 is 5.32 Å². The van der Waals surface area contributed by atoms with Gasteiger partial charge in [0.05, 0.1) is 0 Å². The molecule has 0 radical (unpaired) electrons. The first kappa shape index (κ1) is 11.7. The van der Waals surface area contributed by atoms with Gasteiger partial charge in [0, 0.05) is 6.04 Å². The zero-order valence-electron chi connectivity index (χ0n) is 10.7. The lowest BCUT2D eigenvalue weighted by Crippen LogP contribution is -2.37. The van der Waals surface area contributed by atoms with E-state index >= 15 is 0 Å². The molecule has 0 saturated heterocycles.